The van der Waals surface area contributed by atoms with Gasteiger partial charge in [0.1, 0.15) is 5.76 Å². The number of rotatable bonds is 8. The Kier molecular flexibility index (Phi) is 5.17. The summed E-state index contributed by atoms with van der Waals surface area (Å²) in [6.45, 7) is 7.11. The van der Waals surface area contributed by atoms with Gasteiger partial charge < -0.3 is 19.5 Å². The van der Waals surface area contributed by atoms with E-state index in [2.05, 4.69) is 27.8 Å². The van der Waals surface area contributed by atoms with Crippen LogP contribution in [0.25, 0.3) is 0 Å². The Morgan fingerprint density at radius 2 is 2.15 bits per heavy atom. The minimum atomic E-state index is 0.0679. The molecular formula is C14H22N4O2. The molecule has 0 aliphatic carbocycles. The summed E-state index contributed by atoms with van der Waals surface area (Å²) in [6.07, 6.45) is 3.52. The van der Waals surface area contributed by atoms with Gasteiger partial charge in [-0.25, -0.2) is 0 Å². The standard InChI is InChI=1S/C14H22N4O2/c1-4-7-15-11(3)13-17-18-14(20-13)16-10(2)9-12-6-5-8-19-12/h5-6,8,10-11,15H,4,7,9H2,1-3H3,(H,16,18). The summed E-state index contributed by atoms with van der Waals surface area (Å²) >= 11 is 0. The van der Waals surface area contributed by atoms with Gasteiger partial charge in [0, 0.05) is 12.5 Å². The minimum Gasteiger partial charge on any atom is -0.469 e. The zero-order chi connectivity index (χ0) is 14.4. The van der Waals surface area contributed by atoms with Crippen LogP contribution in [0, 0.1) is 0 Å². The van der Waals surface area contributed by atoms with Crippen LogP contribution < -0.4 is 10.6 Å². The van der Waals surface area contributed by atoms with E-state index in [1.807, 2.05) is 26.0 Å². The smallest absolute Gasteiger partial charge is 0.315 e. The third kappa shape index (κ3) is 4.09. The van der Waals surface area contributed by atoms with Gasteiger partial charge in [0.25, 0.3) is 0 Å². The summed E-state index contributed by atoms with van der Waals surface area (Å²) < 4.78 is 10.9. The van der Waals surface area contributed by atoms with Gasteiger partial charge in [-0.1, -0.05) is 12.0 Å². The molecule has 0 spiro atoms. The van der Waals surface area contributed by atoms with Crippen molar-refractivity contribution in [3.63, 3.8) is 0 Å². The lowest BCUT2D eigenvalue weighted by molar-refractivity contribution is 0.420. The van der Waals surface area contributed by atoms with Gasteiger partial charge in [-0.2, -0.15) is 0 Å². The molecule has 0 aliphatic heterocycles. The van der Waals surface area contributed by atoms with Crippen LogP contribution >= 0.6 is 0 Å². The lowest BCUT2D eigenvalue weighted by atomic mass is 10.2. The average Bonchev–Trinajstić information content (AvgIpc) is 3.07. The van der Waals surface area contributed by atoms with E-state index in [1.54, 1.807) is 6.26 Å². The highest BCUT2D eigenvalue weighted by atomic mass is 16.4. The molecule has 2 heterocycles. The number of furan rings is 1. The van der Waals surface area contributed by atoms with Crippen molar-refractivity contribution in [2.45, 2.75) is 45.7 Å². The second-order valence-corrected chi connectivity index (χ2v) is 4.95. The molecule has 6 heteroatoms. The number of nitrogens with zero attached hydrogens (tertiary/aromatic N) is 2. The molecule has 6 nitrogen and oxygen atoms in total. The van der Waals surface area contributed by atoms with Crippen molar-refractivity contribution in [3.05, 3.63) is 30.0 Å². The zero-order valence-corrected chi connectivity index (χ0v) is 12.2. The summed E-state index contributed by atoms with van der Waals surface area (Å²) in [5.41, 5.74) is 0. The van der Waals surface area contributed by atoms with E-state index in [1.165, 1.54) is 0 Å². The van der Waals surface area contributed by atoms with E-state index >= 15 is 0 Å². The predicted molar refractivity (Wildman–Crippen MR) is 76.5 cm³/mol. The van der Waals surface area contributed by atoms with Gasteiger partial charge in [-0.15, -0.1) is 5.10 Å². The fraction of sp³-hybridized carbons (Fsp3) is 0.571. The first-order valence-corrected chi connectivity index (χ1v) is 7.04. The maximum Gasteiger partial charge on any atom is 0.315 e. The second kappa shape index (κ2) is 7.09. The Hall–Kier alpha value is -1.82. The highest BCUT2D eigenvalue weighted by molar-refractivity contribution is 5.20. The fourth-order valence-corrected chi connectivity index (χ4v) is 1.91. The molecule has 2 aromatic rings. The van der Waals surface area contributed by atoms with Crippen LogP contribution in [0.1, 0.15) is 44.9 Å². The molecule has 0 amide bonds. The summed E-state index contributed by atoms with van der Waals surface area (Å²) in [4.78, 5) is 0. The molecule has 2 atom stereocenters. The van der Waals surface area contributed by atoms with Gasteiger partial charge in [-0.3, -0.25) is 0 Å². The molecule has 0 saturated heterocycles. The van der Waals surface area contributed by atoms with E-state index in [4.69, 9.17) is 8.83 Å². The van der Waals surface area contributed by atoms with Crippen LogP contribution in [-0.4, -0.2) is 22.8 Å². The molecule has 0 fully saturated rings. The number of aromatic nitrogens is 2. The van der Waals surface area contributed by atoms with Crippen LogP contribution in [0.5, 0.6) is 0 Å². The van der Waals surface area contributed by atoms with Crippen LogP contribution in [0.4, 0.5) is 6.01 Å². The first-order valence-electron chi connectivity index (χ1n) is 7.04. The number of anilines is 1. The molecule has 0 radical (unpaired) electrons. The van der Waals surface area contributed by atoms with Crippen molar-refractivity contribution in [2.24, 2.45) is 0 Å². The topological polar surface area (TPSA) is 76.1 Å². The molecule has 2 rings (SSSR count). The summed E-state index contributed by atoms with van der Waals surface area (Å²) in [5, 5.41) is 14.6. The lowest BCUT2D eigenvalue weighted by Crippen LogP contribution is -2.19. The van der Waals surface area contributed by atoms with Crippen molar-refractivity contribution in [1.82, 2.24) is 15.5 Å². The molecule has 2 N–H and O–H groups in total. The van der Waals surface area contributed by atoms with Crippen molar-refractivity contribution in [3.8, 4) is 0 Å². The lowest BCUT2D eigenvalue weighted by Gasteiger charge is -2.10. The van der Waals surface area contributed by atoms with Gasteiger partial charge >= 0.3 is 6.01 Å². The average molecular weight is 278 g/mol. The van der Waals surface area contributed by atoms with Crippen LogP contribution in [0.15, 0.2) is 27.2 Å². The third-order valence-electron chi connectivity index (χ3n) is 2.97. The van der Waals surface area contributed by atoms with Crippen molar-refractivity contribution < 1.29 is 8.83 Å². The maximum absolute atomic E-state index is 5.61. The van der Waals surface area contributed by atoms with E-state index in [0.29, 0.717) is 11.9 Å². The summed E-state index contributed by atoms with van der Waals surface area (Å²) in [7, 11) is 0. The van der Waals surface area contributed by atoms with Crippen LogP contribution in [0.3, 0.4) is 0 Å². The highest BCUT2D eigenvalue weighted by Crippen LogP contribution is 2.15. The Morgan fingerprint density at radius 1 is 1.30 bits per heavy atom. The first kappa shape index (κ1) is 14.6. The Labute approximate surface area is 119 Å². The molecule has 0 saturated carbocycles. The Bertz CT molecular complexity index is 495. The van der Waals surface area contributed by atoms with E-state index < -0.39 is 0 Å². The number of hydrogen-bond acceptors (Lipinski definition) is 6. The van der Waals surface area contributed by atoms with Gasteiger partial charge in [0.05, 0.1) is 12.3 Å². The van der Waals surface area contributed by atoms with Gasteiger partial charge in [-0.05, 0) is 38.9 Å². The Morgan fingerprint density at radius 3 is 2.85 bits per heavy atom. The fourth-order valence-electron chi connectivity index (χ4n) is 1.91. The van der Waals surface area contributed by atoms with E-state index in [0.717, 1.165) is 25.1 Å². The monoisotopic (exact) mass is 278 g/mol. The maximum atomic E-state index is 5.61. The molecular weight excluding hydrogens is 256 g/mol. The first-order chi connectivity index (χ1) is 9.69. The highest BCUT2D eigenvalue weighted by Gasteiger charge is 2.14. The Balaban J connectivity index is 1.85. The molecule has 0 aliphatic rings. The molecule has 2 aromatic heterocycles. The molecule has 20 heavy (non-hydrogen) atoms. The van der Waals surface area contributed by atoms with Gasteiger partial charge in [0.15, 0.2) is 0 Å². The summed E-state index contributed by atoms with van der Waals surface area (Å²) in [5.74, 6) is 1.54. The minimum absolute atomic E-state index is 0.0679. The van der Waals surface area contributed by atoms with E-state index in [-0.39, 0.29) is 12.1 Å². The van der Waals surface area contributed by atoms with Crippen LogP contribution in [0.2, 0.25) is 0 Å². The summed E-state index contributed by atoms with van der Waals surface area (Å²) in [6, 6.07) is 4.51. The third-order valence-corrected chi connectivity index (χ3v) is 2.97. The quantitative estimate of drug-likeness (QED) is 0.773. The number of hydrogen-bond donors (Lipinski definition) is 2. The zero-order valence-electron chi connectivity index (χ0n) is 12.2. The van der Waals surface area contributed by atoms with Crippen LogP contribution in [-0.2, 0) is 6.42 Å². The van der Waals surface area contributed by atoms with Gasteiger partial charge in [0.2, 0.25) is 5.89 Å². The largest absolute Gasteiger partial charge is 0.469 e. The molecule has 110 valence electrons. The molecule has 0 bridgehead atoms. The van der Waals surface area contributed by atoms with Crippen molar-refractivity contribution >= 4 is 6.01 Å². The normalized spacial score (nSPS) is 14.2. The predicted octanol–water partition coefficient (Wildman–Crippen LogP) is 2.77. The SMILES string of the molecule is CCCNC(C)c1nnc(NC(C)Cc2ccco2)o1. The van der Waals surface area contributed by atoms with Crippen molar-refractivity contribution in [2.75, 3.05) is 11.9 Å². The number of nitrogens with one attached hydrogen (secondary N) is 2. The molecule has 0 aromatic carbocycles. The second-order valence-electron chi connectivity index (χ2n) is 4.95. The van der Waals surface area contributed by atoms with E-state index in [9.17, 15) is 0 Å². The van der Waals surface area contributed by atoms with Crippen molar-refractivity contribution in [1.29, 1.82) is 0 Å². The molecule has 2 unspecified atom stereocenters.